The molecule has 5 nitrogen and oxygen atoms in total. The van der Waals surface area contributed by atoms with Gasteiger partial charge < -0.3 is 10.1 Å². The summed E-state index contributed by atoms with van der Waals surface area (Å²) in [6.45, 7) is 0.426. The highest BCUT2D eigenvalue weighted by Crippen LogP contribution is 2.21. The molecule has 1 aromatic carbocycles. The number of carbonyl (C=O) groups is 1. The largest absolute Gasteiger partial charge is 0.497 e. The van der Waals surface area contributed by atoms with Crippen LogP contribution in [0.1, 0.15) is 18.4 Å². The third-order valence-corrected chi connectivity index (χ3v) is 5.26. The van der Waals surface area contributed by atoms with Crippen LogP contribution in [0.2, 0.25) is 0 Å². The predicted molar refractivity (Wildman–Crippen MR) is 76.2 cm³/mol. The van der Waals surface area contributed by atoms with Crippen molar-refractivity contribution in [1.29, 1.82) is 0 Å². The minimum absolute atomic E-state index is 0.0368. The molecule has 1 aliphatic rings. The average Bonchev–Trinajstić information content (AvgIpc) is 2.76. The molecule has 1 N–H and O–H groups in total. The Hall–Kier alpha value is -1.56. The maximum atomic E-state index is 11.8. The second kappa shape index (κ2) is 6.26. The summed E-state index contributed by atoms with van der Waals surface area (Å²) in [6, 6.07) is 7.47. The van der Waals surface area contributed by atoms with Crippen LogP contribution < -0.4 is 10.1 Å². The van der Waals surface area contributed by atoms with E-state index in [9.17, 15) is 13.2 Å². The zero-order chi connectivity index (χ0) is 14.6. The maximum absolute atomic E-state index is 11.8. The van der Waals surface area contributed by atoms with Crippen LogP contribution in [0.15, 0.2) is 24.3 Å². The summed E-state index contributed by atoms with van der Waals surface area (Å²) in [5.41, 5.74) is 0.955. The number of amides is 1. The molecule has 1 unspecified atom stereocenters. The minimum Gasteiger partial charge on any atom is -0.497 e. The van der Waals surface area contributed by atoms with Gasteiger partial charge in [0.1, 0.15) is 5.75 Å². The van der Waals surface area contributed by atoms with E-state index in [1.165, 1.54) is 0 Å². The number of ether oxygens (including phenoxy) is 1. The fourth-order valence-corrected chi connectivity index (χ4v) is 4.21. The molecule has 0 aliphatic carbocycles. The van der Waals surface area contributed by atoms with Gasteiger partial charge in [0.25, 0.3) is 0 Å². The van der Waals surface area contributed by atoms with Crippen LogP contribution in [-0.4, -0.2) is 32.9 Å². The van der Waals surface area contributed by atoms with Gasteiger partial charge in [-0.15, -0.1) is 0 Å². The summed E-state index contributed by atoms with van der Waals surface area (Å²) in [6.07, 6.45) is 0.873. The smallest absolute Gasteiger partial charge is 0.220 e. The molecule has 0 radical (unpaired) electrons. The summed E-state index contributed by atoms with van der Waals surface area (Å²) >= 11 is 0. The number of hydrogen-bond acceptors (Lipinski definition) is 4. The van der Waals surface area contributed by atoms with E-state index in [1.807, 2.05) is 24.3 Å². The molecule has 6 heteroatoms. The fraction of sp³-hybridized carbons (Fsp3) is 0.500. The molecular weight excluding hydrogens is 278 g/mol. The van der Waals surface area contributed by atoms with Gasteiger partial charge >= 0.3 is 0 Å². The molecular formula is C14H19NO4S. The lowest BCUT2D eigenvalue weighted by Crippen LogP contribution is -2.25. The number of sulfone groups is 1. The zero-order valence-corrected chi connectivity index (χ0v) is 12.3. The van der Waals surface area contributed by atoms with Crippen molar-refractivity contribution in [1.82, 2.24) is 5.32 Å². The van der Waals surface area contributed by atoms with Gasteiger partial charge in [-0.2, -0.15) is 0 Å². The highest BCUT2D eigenvalue weighted by Gasteiger charge is 2.29. The van der Waals surface area contributed by atoms with Crippen LogP contribution in [0, 0.1) is 5.92 Å². The van der Waals surface area contributed by atoms with Gasteiger partial charge in [0.2, 0.25) is 5.91 Å². The molecule has 1 aromatic rings. The summed E-state index contributed by atoms with van der Waals surface area (Å²) in [4.78, 5) is 11.8. The van der Waals surface area contributed by atoms with Crippen molar-refractivity contribution in [2.75, 3.05) is 18.6 Å². The van der Waals surface area contributed by atoms with E-state index in [0.717, 1.165) is 11.3 Å². The predicted octanol–water partition coefficient (Wildman–Crippen LogP) is 1.14. The molecule has 1 atom stereocenters. The molecule has 1 amide bonds. The quantitative estimate of drug-likeness (QED) is 0.884. The average molecular weight is 297 g/mol. The van der Waals surface area contributed by atoms with E-state index in [2.05, 4.69) is 5.32 Å². The van der Waals surface area contributed by atoms with E-state index in [1.54, 1.807) is 7.11 Å². The first-order chi connectivity index (χ1) is 9.48. The summed E-state index contributed by atoms with van der Waals surface area (Å²) < 4.78 is 27.8. The van der Waals surface area contributed by atoms with Crippen molar-refractivity contribution < 1.29 is 17.9 Å². The van der Waals surface area contributed by atoms with Gasteiger partial charge in [0.05, 0.1) is 18.6 Å². The van der Waals surface area contributed by atoms with Crippen LogP contribution in [0.3, 0.4) is 0 Å². The van der Waals surface area contributed by atoms with E-state index in [0.29, 0.717) is 13.0 Å². The number of hydrogen-bond donors (Lipinski definition) is 1. The molecule has 110 valence electrons. The van der Waals surface area contributed by atoms with Crippen LogP contribution in [-0.2, 0) is 21.2 Å². The molecule has 1 aliphatic heterocycles. The SMILES string of the molecule is COc1cccc(CNC(=O)CC2CCS(=O)(=O)C2)c1. The first kappa shape index (κ1) is 14.8. The Morgan fingerprint density at radius 2 is 2.25 bits per heavy atom. The second-order valence-electron chi connectivity index (χ2n) is 5.10. The summed E-state index contributed by atoms with van der Waals surface area (Å²) in [7, 11) is -1.32. The van der Waals surface area contributed by atoms with E-state index >= 15 is 0 Å². The second-order valence-corrected chi connectivity index (χ2v) is 7.33. The first-order valence-electron chi connectivity index (χ1n) is 6.58. The van der Waals surface area contributed by atoms with Gasteiger partial charge in [-0.3, -0.25) is 4.79 Å². The monoisotopic (exact) mass is 297 g/mol. The third kappa shape index (κ3) is 4.23. The molecule has 1 fully saturated rings. The van der Waals surface area contributed by atoms with Crippen molar-refractivity contribution in [3.05, 3.63) is 29.8 Å². The Morgan fingerprint density at radius 3 is 2.90 bits per heavy atom. The van der Waals surface area contributed by atoms with E-state index < -0.39 is 9.84 Å². The topological polar surface area (TPSA) is 72.5 Å². The number of benzene rings is 1. The maximum Gasteiger partial charge on any atom is 0.220 e. The van der Waals surface area contributed by atoms with E-state index in [4.69, 9.17) is 4.74 Å². The first-order valence-corrected chi connectivity index (χ1v) is 8.41. The highest BCUT2D eigenvalue weighted by molar-refractivity contribution is 7.91. The Balaban J connectivity index is 1.80. The number of nitrogens with one attached hydrogen (secondary N) is 1. The van der Waals surface area contributed by atoms with Gasteiger partial charge in [0, 0.05) is 13.0 Å². The minimum atomic E-state index is -2.91. The van der Waals surface area contributed by atoms with E-state index in [-0.39, 0.29) is 29.8 Å². The van der Waals surface area contributed by atoms with Gasteiger partial charge in [0.15, 0.2) is 9.84 Å². The van der Waals surface area contributed by atoms with Gasteiger partial charge in [-0.1, -0.05) is 12.1 Å². The molecule has 0 spiro atoms. The molecule has 1 heterocycles. The van der Waals surface area contributed by atoms with Crippen LogP contribution >= 0.6 is 0 Å². The van der Waals surface area contributed by atoms with Crippen molar-refractivity contribution in [3.63, 3.8) is 0 Å². The Morgan fingerprint density at radius 1 is 1.45 bits per heavy atom. The highest BCUT2D eigenvalue weighted by atomic mass is 32.2. The molecule has 20 heavy (non-hydrogen) atoms. The van der Waals surface area contributed by atoms with Crippen molar-refractivity contribution >= 4 is 15.7 Å². The third-order valence-electron chi connectivity index (χ3n) is 3.42. The number of methoxy groups -OCH3 is 1. The van der Waals surface area contributed by atoms with Crippen molar-refractivity contribution in [2.24, 2.45) is 5.92 Å². The summed E-state index contributed by atoms with van der Waals surface area (Å²) in [5, 5.41) is 2.82. The molecule has 1 saturated heterocycles. The van der Waals surface area contributed by atoms with Gasteiger partial charge in [-0.25, -0.2) is 8.42 Å². The standard InChI is InChI=1S/C14H19NO4S/c1-19-13-4-2-3-11(7-13)9-15-14(16)8-12-5-6-20(17,18)10-12/h2-4,7,12H,5-6,8-10H2,1H3,(H,15,16). The summed E-state index contributed by atoms with van der Waals surface area (Å²) in [5.74, 6) is 0.958. The number of carbonyl (C=O) groups excluding carboxylic acids is 1. The number of rotatable bonds is 5. The molecule has 0 bridgehead atoms. The lowest BCUT2D eigenvalue weighted by Gasteiger charge is -2.09. The lowest BCUT2D eigenvalue weighted by molar-refractivity contribution is -0.122. The Labute approximate surface area is 119 Å². The van der Waals surface area contributed by atoms with Crippen LogP contribution in [0.4, 0.5) is 0 Å². The van der Waals surface area contributed by atoms with Crippen LogP contribution in [0.5, 0.6) is 5.75 Å². The Bertz CT molecular complexity index is 583. The zero-order valence-electron chi connectivity index (χ0n) is 11.5. The molecule has 0 saturated carbocycles. The lowest BCUT2D eigenvalue weighted by atomic mass is 10.0. The molecule has 0 aromatic heterocycles. The van der Waals surface area contributed by atoms with Gasteiger partial charge in [-0.05, 0) is 30.0 Å². The van der Waals surface area contributed by atoms with Crippen LogP contribution in [0.25, 0.3) is 0 Å². The molecule has 2 rings (SSSR count). The van der Waals surface area contributed by atoms with Crippen molar-refractivity contribution in [3.8, 4) is 5.75 Å². The Kier molecular flexibility index (Phi) is 4.65. The fourth-order valence-electron chi connectivity index (χ4n) is 2.35. The normalized spacial score (nSPS) is 20.6. The van der Waals surface area contributed by atoms with Crippen molar-refractivity contribution in [2.45, 2.75) is 19.4 Å².